The van der Waals surface area contributed by atoms with Crippen LogP contribution in [0.4, 0.5) is 0 Å². The van der Waals surface area contributed by atoms with Crippen molar-refractivity contribution in [3.63, 3.8) is 0 Å². The molecule has 1 aromatic rings. The highest BCUT2D eigenvalue weighted by Gasteiger charge is 2.55. The van der Waals surface area contributed by atoms with Crippen LogP contribution in [0.2, 0.25) is 0 Å². The van der Waals surface area contributed by atoms with Crippen LogP contribution in [0.5, 0.6) is 11.5 Å². The molecule has 144 valence electrons. The molecule has 0 spiro atoms. The van der Waals surface area contributed by atoms with Gasteiger partial charge in [-0.05, 0) is 67.9 Å². The first kappa shape index (κ1) is 18.5. The minimum absolute atomic E-state index is 0.00804. The van der Waals surface area contributed by atoms with Crippen molar-refractivity contribution in [3.8, 4) is 11.5 Å². The van der Waals surface area contributed by atoms with Crippen LogP contribution >= 0.6 is 11.8 Å². The van der Waals surface area contributed by atoms with Gasteiger partial charge < -0.3 is 19.3 Å². The summed E-state index contributed by atoms with van der Waals surface area (Å²) in [5.74, 6) is 4.24. The maximum atomic E-state index is 10.3. The van der Waals surface area contributed by atoms with Crippen LogP contribution in [0.1, 0.15) is 44.6 Å². The van der Waals surface area contributed by atoms with E-state index in [9.17, 15) is 5.11 Å². The zero-order valence-electron chi connectivity index (χ0n) is 15.8. The predicted octanol–water partition coefficient (Wildman–Crippen LogP) is 3.99. The second-order valence-electron chi connectivity index (χ2n) is 8.00. The number of thioether (sulfide) groups is 1. The lowest BCUT2D eigenvalue weighted by molar-refractivity contribution is 0.138. The topological polar surface area (TPSA) is 47.9 Å². The summed E-state index contributed by atoms with van der Waals surface area (Å²) in [5, 5.41) is 10.3. The Morgan fingerprint density at radius 1 is 1.35 bits per heavy atom. The Morgan fingerprint density at radius 3 is 2.96 bits per heavy atom. The van der Waals surface area contributed by atoms with E-state index in [1.807, 2.05) is 24.8 Å². The smallest absolute Gasteiger partial charge is 0.162 e. The van der Waals surface area contributed by atoms with Crippen molar-refractivity contribution in [2.75, 3.05) is 26.1 Å². The fourth-order valence-electron chi connectivity index (χ4n) is 4.73. The minimum atomic E-state index is -0.309. The van der Waals surface area contributed by atoms with Crippen molar-refractivity contribution in [3.05, 3.63) is 23.8 Å². The van der Waals surface area contributed by atoms with Gasteiger partial charge in [0.2, 0.25) is 0 Å². The maximum Gasteiger partial charge on any atom is 0.162 e. The van der Waals surface area contributed by atoms with Crippen LogP contribution in [0, 0.1) is 11.8 Å². The number of aliphatic hydroxyl groups is 1. The Morgan fingerprint density at radius 2 is 2.23 bits per heavy atom. The summed E-state index contributed by atoms with van der Waals surface area (Å²) in [6.07, 6.45) is 5.42. The molecule has 0 bridgehead atoms. The van der Waals surface area contributed by atoms with E-state index in [-0.39, 0.29) is 17.0 Å². The molecule has 2 saturated heterocycles. The number of aliphatic hydroxyl groups excluding tert-OH is 1. The van der Waals surface area contributed by atoms with Gasteiger partial charge in [-0.2, -0.15) is 0 Å². The summed E-state index contributed by atoms with van der Waals surface area (Å²) in [6.45, 7) is 3.32. The van der Waals surface area contributed by atoms with E-state index in [2.05, 4.69) is 12.1 Å². The van der Waals surface area contributed by atoms with Crippen LogP contribution in [0.15, 0.2) is 18.2 Å². The van der Waals surface area contributed by atoms with Crippen molar-refractivity contribution in [2.45, 2.75) is 56.0 Å². The SMILES string of the molecule is COc1ccc(C2(CC(C)O)SCCCC3CC32)cc1OC1CCOC1. The van der Waals surface area contributed by atoms with Gasteiger partial charge in [-0.3, -0.25) is 0 Å². The van der Waals surface area contributed by atoms with Crippen molar-refractivity contribution in [2.24, 2.45) is 11.8 Å². The standard InChI is InChI=1S/C21H30O4S/c1-14(22)12-21(18-10-15(18)4-3-9-26-21)16-5-6-19(23-2)20(11-16)25-17-7-8-24-13-17/h5-6,11,14-15,17-18,22H,3-4,7-10,12-13H2,1-2H3. The highest BCUT2D eigenvalue weighted by Crippen LogP contribution is 2.63. The third kappa shape index (κ3) is 3.58. The molecular weight excluding hydrogens is 348 g/mol. The van der Waals surface area contributed by atoms with Gasteiger partial charge in [-0.25, -0.2) is 0 Å². The number of rotatable bonds is 6. The predicted molar refractivity (Wildman–Crippen MR) is 104 cm³/mol. The summed E-state index contributed by atoms with van der Waals surface area (Å²) < 4.78 is 17.2. The molecule has 2 aliphatic heterocycles. The zero-order valence-corrected chi connectivity index (χ0v) is 16.6. The number of hydrogen-bond acceptors (Lipinski definition) is 5. The van der Waals surface area contributed by atoms with Gasteiger partial charge in [0.1, 0.15) is 6.10 Å². The average Bonchev–Trinajstić information content (AvgIpc) is 3.27. The summed E-state index contributed by atoms with van der Waals surface area (Å²) in [6, 6.07) is 6.40. The molecule has 5 unspecified atom stereocenters. The average molecular weight is 379 g/mol. The molecule has 4 rings (SSSR count). The molecule has 3 aliphatic rings. The van der Waals surface area contributed by atoms with E-state index in [0.29, 0.717) is 12.5 Å². The molecular formula is C21H30O4S. The quantitative estimate of drug-likeness (QED) is 0.811. The second kappa shape index (κ2) is 7.61. The van der Waals surface area contributed by atoms with Crippen LogP contribution in [-0.4, -0.2) is 43.4 Å². The molecule has 26 heavy (non-hydrogen) atoms. The van der Waals surface area contributed by atoms with E-state index < -0.39 is 0 Å². The number of hydrogen-bond donors (Lipinski definition) is 1. The Hall–Kier alpha value is -0.910. The van der Waals surface area contributed by atoms with Crippen LogP contribution in [0.3, 0.4) is 0 Å². The van der Waals surface area contributed by atoms with E-state index in [1.54, 1.807) is 7.11 Å². The second-order valence-corrected chi connectivity index (χ2v) is 9.43. The van der Waals surface area contributed by atoms with E-state index in [4.69, 9.17) is 14.2 Å². The lowest BCUT2D eigenvalue weighted by Gasteiger charge is -2.36. The highest BCUT2D eigenvalue weighted by molar-refractivity contribution is 8.00. The summed E-state index contributed by atoms with van der Waals surface area (Å²) in [5.41, 5.74) is 1.28. The van der Waals surface area contributed by atoms with Gasteiger partial charge in [0, 0.05) is 11.2 Å². The number of benzene rings is 1. The Kier molecular flexibility index (Phi) is 5.40. The Bertz CT molecular complexity index is 628. The summed E-state index contributed by atoms with van der Waals surface area (Å²) >= 11 is 2.05. The molecule has 1 aliphatic carbocycles. The normalized spacial score (nSPS) is 34.7. The van der Waals surface area contributed by atoms with Gasteiger partial charge in [0.05, 0.1) is 26.4 Å². The van der Waals surface area contributed by atoms with Crippen LogP contribution < -0.4 is 9.47 Å². The van der Waals surface area contributed by atoms with Gasteiger partial charge in [0.25, 0.3) is 0 Å². The van der Waals surface area contributed by atoms with Crippen molar-refractivity contribution in [1.29, 1.82) is 0 Å². The van der Waals surface area contributed by atoms with Gasteiger partial charge >= 0.3 is 0 Å². The molecule has 4 nitrogen and oxygen atoms in total. The van der Waals surface area contributed by atoms with Gasteiger partial charge in [-0.1, -0.05) is 6.07 Å². The fraction of sp³-hybridized carbons (Fsp3) is 0.714. The molecule has 0 radical (unpaired) electrons. The first-order valence-electron chi connectivity index (χ1n) is 9.87. The molecule has 1 N–H and O–H groups in total. The van der Waals surface area contributed by atoms with Crippen LogP contribution in [0.25, 0.3) is 0 Å². The first-order chi connectivity index (χ1) is 12.6. The van der Waals surface area contributed by atoms with Crippen LogP contribution in [-0.2, 0) is 9.48 Å². The lowest BCUT2D eigenvalue weighted by Crippen LogP contribution is -2.30. The lowest BCUT2D eigenvalue weighted by atomic mass is 9.86. The Balaban J connectivity index is 1.68. The zero-order chi connectivity index (χ0) is 18.1. The molecule has 1 saturated carbocycles. The molecule has 2 heterocycles. The molecule has 5 heteroatoms. The fourth-order valence-corrected chi connectivity index (χ4v) is 6.56. The molecule has 0 amide bonds. The minimum Gasteiger partial charge on any atom is -0.493 e. The molecule has 1 aromatic carbocycles. The summed E-state index contributed by atoms with van der Waals surface area (Å²) in [7, 11) is 1.69. The first-order valence-corrected chi connectivity index (χ1v) is 10.9. The maximum absolute atomic E-state index is 10.3. The third-order valence-electron chi connectivity index (χ3n) is 6.03. The van der Waals surface area contributed by atoms with Crippen molar-refractivity contribution in [1.82, 2.24) is 0 Å². The van der Waals surface area contributed by atoms with Gasteiger partial charge in [-0.15, -0.1) is 11.8 Å². The molecule has 5 atom stereocenters. The monoisotopic (exact) mass is 378 g/mol. The summed E-state index contributed by atoms with van der Waals surface area (Å²) in [4.78, 5) is 0. The van der Waals surface area contributed by atoms with E-state index in [0.717, 1.165) is 36.9 Å². The van der Waals surface area contributed by atoms with Gasteiger partial charge in [0.15, 0.2) is 11.5 Å². The highest BCUT2D eigenvalue weighted by atomic mass is 32.2. The number of methoxy groups -OCH3 is 1. The molecule has 0 aromatic heterocycles. The molecule has 3 fully saturated rings. The number of fused-ring (bicyclic) bond motifs is 1. The van der Waals surface area contributed by atoms with Crippen molar-refractivity contribution >= 4 is 11.8 Å². The Labute approximate surface area is 160 Å². The largest absolute Gasteiger partial charge is 0.493 e. The number of ether oxygens (including phenoxy) is 3. The van der Waals surface area contributed by atoms with Crippen molar-refractivity contribution < 1.29 is 19.3 Å². The van der Waals surface area contributed by atoms with E-state index in [1.165, 1.54) is 30.6 Å². The third-order valence-corrected chi connectivity index (χ3v) is 7.75. The van der Waals surface area contributed by atoms with E-state index >= 15 is 0 Å².